The second-order valence-corrected chi connectivity index (χ2v) is 7.24. The van der Waals surface area contributed by atoms with Crippen molar-refractivity contribution in [1.82, 2.24) is 20.4 Å². The van der Waals surface area contributed by atoms with E-state index in [9.17, 15) is 4.79 Å². The fraction of sp³-hybridized carbons (Fsp3) is 0.889. The molecule has 8 heteroatoms. The summed E-state index contributed by atoms with van der Waals surface area (Å²) in [5.41, 5.74) is 0. The van der Waals surface area contributed by atoms with E-state index in [0.29, 0.717) is 18.4 Å². The van der Waals surface area contributed by atoms with Gasteiger partial charge in [0.25, 0.3) is 0 Å². The molecular formula is C18H36IN5O2. The van der Waals surface area contributed by atoms with Gasteiger partial charge in [-0.3, -0.25) is 14.7 Å². The fourth-order valence-electron chi connectivity index (χ4n) is 3.61. The molecule has 2 rings (SSSR count). The van der Waals surface area contributed by atoms with E-state index in [1.165, 1.54) is 0 Å². The molecule has 0 saturated carbocycles. The number of ether oxygens (including phenoxy) is 1. The number of morpholine rings is 1. The highest BCUT2D eigenvalue weighted by Crippen LogP contribution is 2.13. The number of hydrogen-bond acceptors (Lipinski definition) is 4. The number of nitrogens with zero attached hydrogens (tertiary/aromatic N) is 3. The Kier molecular flexibility index (Phi) is 10.8. The van der Waals surface area contributed by atoms with Crippen molar-refractivity contribution in [1.29, 1.82) is 0 Å². The van der Waals surface area contributed by atoms with Crippen LogP contribution in [-0.4, -0.2) is 86.7 Å². The van der Waals surface area contributed by atoms with Gasteiger partial charge in [-0.1, -0.05) is 20.8 Å². The van der Waals surface area contributed by atoms with Crippen molar-refractivity contribution in [3.05, 3.63) is 0 Å². The van der Waals surface area contributed by atoms with Crippen molar-refractivity contribution >= 4 is 35.8 Å². The van der Waals surface area contributed by atoms with Crippen molar-refractivity contribution in [2.75, 3.05) is 53.0 Å². The van der Waals surface area contributed by atoms with Gasteiger partial charge in [0.1, 0.15) is 0 Å². The van der Waals surface area contributed by atoms with Gasteiger partial charge in [0, 0.05) is 58.3 Å². The zero-order valence-corrected chi connectivity index (χ0v) is 19.0. The SMILES string of the molecule is CCC(=O)N1CCC(NC(=NC)NCC(C(C)C)N2CCOCC2)C1.I. The van der Waals surface area contributed by atoms with Crippen molar-refractivity contribution < 1.29 is 9.53 Å². The fourth-order valence-corrected chi connectivity index (χ4v) is 3.61. The Balaban J connectivity index is 0.00000338. The van der Waals surface area contributed by atoms with Crippen LogP contribution in [0.5, 0.6) is 0 Å². The summed E-state index contributed by atoms with van der Waals surface area (Å²) in [6, 6.07) is 0.742. The van der Waals surface area contributed by atoms with Crippen LogP contribution in [-0.2, 0) is 9.53 Å². The summed E-state index contributed by atoms with van der Waals surface area (Å²) in [6.07, 6.45) is 1.55. The summed E-state index contributed by atoms with van der Waals surface area (Å²) >= 11 is 0. The Morgan fingerprint density at radius 2 is 1.96 bits per heavy atom. The summed E-state index contributed by atoms with van der Waals surface area (Å²) in [6.45, 7) is 12.5. The summed E-state index contributed by atoms with van der Waals surface area (Å²) in [4.78, 5) is 20.6. The van der Waals surface area contributed by atoms with E-state index < -0.39 is 0 Å². The third-order valence-corrected chi connectivity index (χ3v) is 5.17. The first-order chi connectivity index (χ1) is 12.0. The molecule has 2 heterocycles. The van der Waals surface area contributed by atoms with E-state index in [1.807, 2.05) is 11.8 Å². The lowest BCUT2D eigenvalue weighted by molar-refractivity contribution is -0.129. The lowest BCUT2D eigenvalue weighted by atomic mass is 10.0. The molecule has 0 aromatic rings. The number of likely N-dealkylation sites (tertiary alicyclic amines) is 1. The molecule has 2 N–H and O–H groups in total. The summed E-state index contributed by atoms with van der Waals surface area (Å²) in [5.74, 6) is 1.63. The summed E-state index contributed by atoms with van der Waals surface area (Å²) < 4.78 is 5.47. The predicted molar refractivity (Wildman–Crippen MR) is 116 cm³/mol. The largest absolute Gasteiger partial charge is 0.379 e. The Labute approximate surface area is 175 Å². The second kappa shape index (κ2) is 12.0. The summed E-state index contributed by atoms with van der Waals surface area (Å²) in [5, 5.41) is 6.96. The van der Waals surface area contributed by atoms with Crippen LogP contribution in [0.25, 0.3) is 0 Å². The Bertz CT molecular complexity index is 455. The highest BCUT2D eigenvalue weighted by molar-refractivity contribution is 14.0. The van der Waals surface area contributed by atoms with Gasteiger partial charge in [0.15, 0.2) is 5.96 Å². The van der Waals surface area contributed by atoms with Crippen LogP contribution >= 0.6 is 24.0 Å². The van der Waals surface area contributed by atoms with Gasteiger partial charge in [0.05, 0.1) is 13.2 Å². The Hall–Kier alpha value is -0.610. The van der Waals surface area contributed by atoms with Gasteiger partial charge < -0.3 is 20.3 Å². The van der Waals surface area contributed by atoms with Crippen molar-refractivity contribution in [3.63, 3.8) is 0 Å². The van der Waals surface area contributed by atoms with Crippen LogP contribution in [0.3, 0.4) is 0 Å². The molecular weight excluding hydrogens is 445 g/mol. The number of nitrogens with one attached hydrogen (secondary N) is 2. The topological polar surface area (TPSA) is 69.2 Å². The molecule has 2 atom stereocenters. The van der Waals surface area contributed by atoms with Gasteiger partial charge in [-0.25, -0.2) is 0 Å². The zero-order valence-electron chi connectivity index (χ0n) is 16.7. The van der Waals surface area contributed by atoms with E-state index in [0.717, 1.165) is 58.3 Å². The molecule has 7 nitrogen and oxygen atoms in total. The first kappa shape index (κ1) is 23.4. The van der Waals surface area contributed by atoms with Gasteiger partial charge in [-0.15, -0.1) is 24.0 Å². The molecule has 26 heavy (non-hydrogen) atoms. The molecule has 152 valence electrons. The zero-order chi connectivity index (χ0) is 18.2. The number of carbonyl (C=O) groups excluding carboxylic acids is 1. The average Bonchev–Trinajstić information content (AvgIpc) is 3.09. The molecule has 1 amide bonds. The number of hydrogen-bond donors (Lipinski definition) is 2. The maximum atomic E-state index is 11.8. The van der Waals surface area contributed by atoms with Crippen molar-refractivity contribution in [2.45, 2.75) is 45.7 Å². The van der Waals surface area contributed by atoms with E-state index in [4.69, 9.17) is 4.74 Å². The molecule has 0 aromatic carbocycles. The smallest absolute Gasteiger partial charge is 0.222 e. The third-order valence-electron chi connectivity index (χ3n) is 5.17. The number of rotatable bonds is 6. The molecule has 2 unspecified atom stereocenters. The van der Waals surface area contributed by atoms with E-state index in [2.05, 4.69) is 34.4 Å². The first-order valence-corrected chi connectivity index (χ1v) is 9.61. The van der Waals surface area contributed by atoms with Crippen LogP contribution in [0.2, 0.25) is 0 Å². The van der Waals surface area contributed by atoms with Crippen LogP contribution in [0.15, 0.2) is 4.99 Å². The van der Waals surface area contributed by atoms with Crippen molar-refractivity contribution in [2.24, 2.45) is 10.9 Å². The summed E-state index contributed by atoms with van der Waals surface area (Å²) in [7, 11) is 1.80. The molecule has 0 aromatic heterocycles. The molecule has 0 aliphatic carbocycles. The minimum Gasteiger partial charge on any atom is -0.379 e. The maximum absolute atomic E-state index is 11.8. The van der Waals surface area contributed by atoms with Crippen LogP contribution < -0.4 is 10.6 Å². The van der Waals surface area contributed by atoms with Crippen molar-refractivity contribution in [3.8, 4) is 0 Å². The average molecular weight is 481 g/mol. The molecule has 0 radical (unpaired) electrons. The third kappa shape index (κ3) is 6.84. The van der Waals surface area contributed by atoms with E-state index >= 15 is 0 Å². The number of halogens is 1. The van der Waals surface area contributed by atoms with Crippen LogP contribution in [0.1, 0.15) is 33.6 Å². The highest BCUT2D eigenvalue weighted by Gasteiger charge is 2.27. The van der Waals surface area contributed by atoms with Gasteiger partial charge in [0.2, 0.25) is 5.91 Å². The Morgan fingerprint density at radius 3 is 2.54 bits per heavy atom. The van der Waals surface area contributed by atoms with Gasteiger partial charge in [-0.2, -0.15) is 0 Å². The van der Waals surface area contributed by atoms with Gasteiger partial charge >= 0.3 is 0 Å². The normalized spacial score (nSPS) is 22.9. The lowest BCUT2D eigenvalue weighted by Gasteiger charge is -2.37. The molecule has 2 saturated heterocycles. The highest BCUT2D eigenvalue weighted by atomic mass is 127. The first-order valence-electron chi connectivity index (χ1n) is 9.61. The van der Waals surface area contributed by atoms with Gasteiger partial charge in [-0.05, 0) is 12.3 Å². The quantitative estimate of drug-likeness (QED) is 0.339. The van der Waals surface area contributed by atoms with Crippen LogP contribution in [0.4, 0.5) is 0 Å². The molecule has 2 aliphatic heterocycles. The lowest BCUT2D eigenvalue weighted by Crippen LogP contribution is -2.53. The minimum absolute atomic E-state index is 0. The molecule has 2 aliphatic rings. The second-order valence-electron chi connectivity index (χ2n) is 7.24. The number of amides is 1. The minimum atomic E-state index is 0. The maximum Gasteiger partial charge on any atom is 0.222 e. The molecule has 0 spiro atoms. The van der Waals surface area contributed by atoms with E-state index in [-0.39, 0.29) is 35.9 Å². The monoisotopic (exact) mass is 481 g/mol. The number of aliphatic imine (C=N–C) groups is 1. The van der Waals surface area contributed by atoms with E-state index in [1.54, 1.807) is 7.05 Å². The molecule has 2 fully saturated rings. The Morgan fingerprint density at radius 1 is 1.27 bits per heavy atom. The standard InChI is InChI=1S/C18H35N5O2.HI/c1-5-17(24)23-7-6-15(13-23)21-18(19-4)20-12-16(14(2)3)22-8-10-25-11-9-22;/h14-16H,5-13H2,1-4H3,(H2,19,20,21);1H. The predicted octanol–water partition coefficient (Wildman–Crippen LogP) is 1.14. The number of guanidine groups is 1. The van der Waals surface area contributed by atoms with Crippen LogP contribution in [0, 0.1) is 5.92 Å². The molecule has 0 bridgehead atoms. The number of carbonyl (C=O) groups is 1.